The van der Waals surface area contributed by atoms with Gasteiger partial charge in [0.05, 0.1) is 18.2 Å². The number of likely N-dealkylation sites (N-methyl/N-ethyl adjacent to an activating group) is 1. The Kier molecular flexibility index (Phi) is 6.42. The van der Waals surface area contributed by atoms with Gasteiger partial charge in [-0.1, -0.05) is 30.3 Å². The summed E-state index contributed by atoms with van der Waals surface area (Å²) in [6.07, 6.45) is 1.60. The van der Waals surface area contributed by atoms with E-state index in [0.717, 1.165) is 29.8 Å². The number of hydrogen-bond donors (Lipinski definition) is 1. The van der Waals surface area contributed by atoms with Gasteiger partial charge in [-0.15, -0.1) is 0 Å². The van der Waals surface area contributed by atoms with Gasteiger partial charge in [0.25, 0.3) is 5.91 Å². The van der Waals surface area contributed by atoms with Crippen LogP contribution >= 0.6 is 0 Å². The first-order valence-electron chi connectivity index (χ1n) is 10.2. The quantitative estimate of drug-likeness (QED) is 0.812. The molecular weight excluding hydrogens is 366 g/mol. The topological polar surface area (TPSA) is 65.8 Å². The fourth-order valence-corrected chi connectivity index (χ4v) is 4.49. The van der Waals surface area contributed by atoms with E-state index in [0.29, 0.717) is 13.1 Å². The highest BCUT2D eigenvalue weighted by molar-refractivity contribution is 5.95. The smallest absolute Gasteiger partial charge is 0.317 e. The molecular formula is C23H31N3O3. The third-order valence-electron chi connectivity index (χ3n) is 6.14. The minimum atomic E-state index is -0.814. The number of carboxylic acids is 1. The number of rotatable bonds is 6. The van der Waals surface area contributed by atoms with Crippen LogP contribution in [-0.4, -0.2) is 64.1 Å². The number of likely N-dealkylation sites (tertiary alicyclic amines) is 1. The molecule has 0 aliphatic carbocycles. The molecule has 2 aromatic rings. The first-order chi connectivity index (χ1) is 13.8. The predicted molar refractivity (Wildman–Crippen MR) is 113 cm³/mol. The molecule has 1 aromatic carbocycles. The van der Waals surface area contributed by atoms with Gasteiger partial charge in [-0.2, -0.15) is 0 Å². The zero-order valence-corrected chi connectivity index (χ0v) is 17.8. The Morgan fingerprint density at radius 2 is 1.79 bits per heavy atom. The van der Waals surface area contributed by atoms with Crippen LogP contribution in [0, 0.1) is 13.8 Å². The first kappa shape index (κ1) is 21.1. The van der Waals surface area contributed by atoms with Gasteiger partial charge < -0.3 is 14.6 Å². The van der Waals surface area contributed by atoms with Crippen LogP contribution in [-0.2, 0) is 4.79 Å². The lowest BCUT2D eigenvalue weighted by Gasteiger charge is -2.36. The van der Waals surface area contributed by atoms with Crippen molar-refractivity contribution < 1.29 is 14.7 Å². The molecule has 3 rings (SSSR count). The molecule has 0 saturated carbocycles. The van der Waals surface area contributed by atoms with E-state index in [9.17, 15) is 9.59 Å². The maximum absolute atomic E-state index is 13.2. The molecule has 0 unspecified atom stereocenters. The van der Waals surface area contributed by atoms with E-state index < -0.39 is 5.97 Å². The lowest BCUT2D eigenvalue weighted by molar-refractivity contribution is -0.138. The number of aliphatic carboxylic acids is 1. The van der Waals surface area contributed by atoms with Crippen LogP contribution < -0.4 is 0 Å². The molecule has 6 nitrogen and oxygen atoms in total. The Morgan fingerprint density at radius 3 is 2.38 bits per heavy atom. The van der Waals surface area contributed by atoms with Crippen molar-refractivity contribution in [3.8, 4) is 0 Å². The van der Waals surface area contributed by atoms with E-state index in [-0.39, 0.29) is 24.5 Å². The number of hydrogen-bond acceptors (Lipinski definition) is 3. The molecule has 0 bridgehead atoms. The lowest BCUT2D eigenvalue weighted by atomic mass is 10.0. The first-order valence-corrected chi connectivity index (χ1v) is 10.2. The van der Waals surface area contributed by atoms with Crippen LogP contribution in [0.15, 0.2) is 36.4 Å². The van der Waals surface area contributed by atoms with Crippen molar-refractivity contribution in [1.82, 2.24) is 14.4 Å². The second-order valence-corrected chi connectivity index (χ2v) is 8.07. The summed E-state index contributed by atoms with van der Waals surface area (Å²) in [5.41, 5.74) is 4.06. The number of carbonyl (C=O) groups excluding carboxylic acids is 1. The molecule has 2 heterocycles. The van der Waals surface area contributed by atoms with Crippen molar-refractivity contribution >= 4 is 11.9 Å². The van der Waals surface area contributed by atoms with Crippen LogP contribution in [0.25, 0.3) is 0 Å². The van der Waals surface area contributed by atoms with Gasteiger partial charge in [0, 0.05) is 30.5 Å². The monoisotopic (exact) mass is 397 g/mol. The van der Waals surface area contributed by atoms with Gasteiger partial charge in [0.15, 0.2) is 0 Å². The van der Waals surface area contributed by atoms with Crippen LogP contribution in [0.5, 0.6) is 0 Å². The molecule has 1 aromatic heterocycles. The molecule has 1 N–H and O–H groups in total. The number of benzene rings is 1. The fraction of sp³-hybridized carbons (Fsp3) is 0.478. The zero-order valence-electron chi connectivity index (χ0n) is 17.8. The molecule has 1 aliphatic heterocycles. The number of carbonyl (C=O) groups is 2. The van der Waals surface area contributed by atoms with Crippen LogP contribution in [0.4, 0.5) is 0 Å². The summed E-state index contributed by atoms with van der Waals surface area (Å²) in [6.45, 7) is 7.59. The van der Waals surface area contributed by atoms with Crippen molar-refractivity contribution in [2.75, 3.05) is 26.7 Å². The number of amides is 1. The van der Waals surface area contributed by atoms with Gasteiger partial charge in [-0.25, -0.2) is 0 Å². The van der Waals surface area contributed by atoms with Gasteiger partial charge in [0.1, 0.15) is 0 Å². The minimum Gasteiger partial charge on any atom is -0.480 e. The molecule has 156 valence electrons. The summed E-state index contributed by atoms with van der Waals surface area (Å²) in [5.74, 6) is -0.741. The summed E-state index contributed by atoms with van der Waals surface area (Å²) in [5, 5.41) is 8.98. The molecule has 1 fully saturated rings. The molecule has 29 heavy (non-hydrogen) atoms. The Morgan fingerprint density at radius 1 is 1.17 bits per heavy atom. The lowest BCUT2D eigenvalue weighted by Crippen LogP contribution is -2.46. The van der Waals surface area contributed by atoms with E-state index >= 15 is 0 Å². The maximum atomic E-state index is 13.2. The molecule has 1 aliphatic rings. The van der Waals surface area contributed by atoms with Gasteiger partial charge in [-0.3, -0.25) is 14.5 Å². The van der Waals surface area contributed by atoms with E-state index in [1.807, 2.05) is 48.0 Å². The van der Waals surface area contributed by atoms with Crippen molar-refractivity contribution in [1.29, 1.82) is 0 Å². The highest BCUT2D eigenvalue weighted by Crippen LogP contribution is 2.27. The van der Waals surface area contributed by atoms with Crippen molar-refractivity contribution in [3.63, 3.8) is 0 Å². The number of aromatic nitrogens is 1. The number of piperidine rings is 1. The Balaban J connectivity index is 1.72. The van der Waals surface area contributed by atoms with E-state index in [4.69, 9.17) is 5.11 Å². The average Bonchev–Trinajstić information content (AvgIpc) is 3.01. The van der Waals surface area contributed by atoms with Gasteiger partial charge in [-0.05, 0) is 52.3 Å². The Hall–Kier alpha value is -2.60. The molecule has 1 amide bonds. The van der Waals surface area contributed by atoms with E-state index in [1.54, 1.807) is 0 Å². The normalized spacial score (nSPS) is 16.2. The molecule has 0 spiro atoms. The SMILES string of the molecule is Cc1cc(C(=O)N2CCC(N(C)CC(=O)O)CC2)c(C)n1[C@@H](C)c1ccccc1. The van der Waals surface area contributed by atoms with Gasteiger partial charge >= 0.3 is 5.97 Å². The third-order valence-corrected chi connectivity index (χ3v) is 6.14. The predicted octanol–water partition coefficient (Wildman–Crippen LogP) is 3.34. The number of carboxylic acid groups (broad SMARTS) is 1. The fourth-order valence-electron chi connectivity index (χ4n) is 4.49. The van der Waals surface area contributed by atoms with Crippen LogP contribution in [0.2, 0.25) is 0 Å². The summed E-state index contributed by atoms with van der Waals surface area (Å²) in [7, 11) is 1.84. The maximum Gasteiger partial charge on any atom is 0.317 e. The summed E-state index contributed by atoms with van der Waals surface area (Å²) in [6, 6.07) is 12.7. The number of aryl methyl sites for hydroxylation is 1. The van der Waals surface area contributed by atoms with Gasteiger partial charge in [0.2, 0.25) is 0 Å². The number of nitrogens with zero attached hydrogens (tertiary/aromatic N) is 3. The Bertz CT molecular complexity index is 867. The largest absolute Gasteiger partial charge is 0.480 e. The molecule has 0 radical (unpaired) electrons. The minimum absolute atomic E-state index is 0.0388. The molecule has 6 heteroatoms. The summed E-state index contributed by atoms with van der Waals surface area (Å²) < 4.78 is 2.23. The van der Waals surface area contributed by atoms with Crippen molar-refractivity contribution in [2.24, 2.45) is 0 Å². The van der Waals surface area contributed by atoms with E-state index in [2.05, 4.69) is 30.5 Å². The van der Waals surface area contributed by atoms with Crippen molar-refractivity contribution in [2.45, 2.75) is 45.7 Å². The molecule has 1 atom stereocenters. The standard InChI is InChI=1S/C23H31N3O3/c1-16-14-21(18(3)26(16)17(2)19-8-6-5-7-9-19)23(29)25-12-10-20(11-13-25)24(4)15-22(27)28/h5-9,14,17,20H,10-13,15H2,1-4H3,(H,27,28)/t17-/m0/s1. The summed E-state index contributed by atoms with van der Waals surface area (Å²) in [4.78, 5) is 27.9. The van der Waals surface area contributed by atoms with E-state index in [1.165, 1.54) is 5.56 Å². The van der Waals surface area contributed by atoms with Crippen LogP contribution in [0.1, 0.15) is 53.1 Å². The summed E-state index contributed by atoms with van der Waals surface area (Å²) >= 11 is 0. The average molecular weight is 398 g/mol. The zero-order chi connectivity index (χ0) is 21.1. The second-order valence-electron chi connectivity index (χ2n) is 8.07. The molecule has 1 saturated heterocycles. The highest BCUT2D eigenvalue weighted by Gasteiger charge is 2.29. The van der Waals surface area contributed by atoms with Crippen molar-refractivity contribution in [3.05, 3.63) is 58.9 Å². The highest BCUT2D eigenvalue weighted by atomic mass is 16.4. The third kappa shape index (κ3) is 4.53. The second kappa shape index (κ2) is 8.82. The van der Waals surface area contributed by atoms with Crippen LogP contribution in [0.3, 0.4) is 0 Å². The Labute approximate surface area is 172 Å².